The molecule has 88 valence electrons. The summed E-state index contributed by atoms with van der Waals surface area (Å²) in [5.74, 6) is -0.278. The van der Waals surface area contributed by atoms with Crippen molar-refractivity contribution in [2.75, 3.05) is 6.61 Å². The Kier molecular flexibility index (Phi) is 8.26. The molecule has 0 aromatic heterocycles. The summed E-state index contributed by atoms with van der Waals surface area (Å²) in [6, 6.07) is 0. The molecule has 0 saturated heterocycles. The first-order valence-corrected chi connectivity index (χ1v) is 5.51. The minimum atomic E-state index is -0.278. The Morgan fingerprint density at radius 1 is 1.25 bits per heavy atom. The summed E-state index contributed by atoms with van der Waals surface area (Å²) in [6.07, 6.45) is 9.05. The fourth-order valence-electron chi connectivity index (χ4n) is 1.01. The quantitative estimate of drug-likeness (QED) is 0.416. The number of hydrogen-bond acceptors (Lipinski definition) is 2. The standard InChI is InChI=1S/C13H17ClO2/c1-4-16-13(15)12(3)10-11(2)8-6-5-7-9-14/h5-10H,4H2,1-3H3/b6-5+,9-7-,11-8+,12-10+. The minimum absolute atomic E-state index is 0.278. The number of esters is 1. The van der Waals surface area contributed by atoms with Crippen LogP contribution in [-0.2, 0) is 9.53 Å². The molecule has 0 atom stereocenters. The van der Waals surface area contributed by atoms with Crippen LogP contribution in [0.5, 0.6) is 0 Å². The van der Waals surface area contributed by atoms with E-state index in [4.69, 9.17) is 16.3 Å². The number of ether oxygens (including phenoxy) is 1. The molecule has 0 fully saturated rings. The molecule has 0 aliphatic rings. The molecule has 16 heavy (non-hydrogen) atoms. The molecule has 0 aromatic rings. The highest BCUT2D eigenvalue weighted by Gasteiger charge is 2.03. The number of carbonyl (C=O) groups excluding carboxylic acids is 1. The van der Waals surface area contributed by atoms with Crippen LogP contribution in [0.3, 0.4) is 0 Å². The highest BCUT2D eigenvalue weighted by molar-refractivity contribution is 6.25. The van der Waals surface area contributed by atoms with Crippen LogP contribution >= 0.6 is 11.6 Å². The van der Waals surface area contributed by atoms with Crippen molar-refractivity contribution in [3.05, 3.63) is 47.1 Å². The molecular weight excluding hydrogens is 224 g/mol. The van der Waals surface area contributed by atoms with Gasteiger partial charge in [0, 0.05) is 11.1 Å². The lowest BCUT2D eigenvalue weighted by atomic mass is 10.2. The zero-order valence-corrected chi connectivity index (χ0v) is 10.6. The van der Waals surface area contributed by atoms with Crippen LogP contribution in [0.25, 0.3) is 0 Å². The summed E-state index contributed by atoms with van der Waals surface area (Å²) in [6.45, 7) is 5.83. The third-order valence-electron chi connectivity index (χ3n) is 1.70. The maximum absolute atomic E-state index is 11.3. The predicted molar refractivity (Wildman–Crippen MR) is 68.3 cm³/mol. The zero-order chi connectivity index (χ0) is 12.4. The first kappa shape index (κ1) is 14.7. The summed E-state index contributed by atoms with van der Waals surface area (Å²) in [7, 11) is 0. The zero-order valence-electron chi connectivity index (χ0n) is 9.87. The Hall–Kier alpha value is -1.28. The molecule has 2 nitrogen and oxygen atoms in total. The van der Waals surface area contributed by atoms with E-state index in [0.717, 1.165) is 5.57 Å². The van der Waals surface area contributed by atoms with Gasteiger partial charge in [0.2, 0.25) is 0 Å². The number of allylic oxidation sites excluding steroid dienone is 6. The third kappa shape index (κ3) is 7.07. The summed E-state index contributed by atoms with van der Waals surface area (Å²) in [4.78, 5) is 11.3. The van der Waals surface area contributed by atoms with E-state index in [1.807, 2.05) is 25.2 Å². The van der Waals surface area contributed by atoms with Crippen molar-refractivity contribution in [3.63, 3.8) is 0 Å². The van der Waals surface area contributed by atoms with Gasteiger partial charge in [0.25, 0.3) is 0 Å². The molecule has 3 heteroatoms. The van der Waals surface area contributed by atoms with Crippen molar-refractivity contribution in [2.24, 2.45) is 0 Å². The molecule has 0 radical (unpaired) electrons. The van der Waals surface area contributed by atoms with Crippen molar-refractivity contribution >= 4 is 17.6 Å². The van der Waals surface area contributed by atoms with Crippen LogP contribution in [0, 0.1) is 0 Å². The van der Waals surface area contributed by atoms with Gasteiger partial charge in [-0.3, -0.25) is 0 Å². The molecule has 0 unspecified atom stereocenters. The van der Waals surface area contributed by atoms with E-state index in [2.05, 4.69) is 0 Å². The second-order valence-corrected chi connectivity index (χ2v) is 3.41. The Morgan fingerprint density at radius 3 is 2.50 bits per heavy atom. The second-order valence-electron chi connectivity index (χ2n) is 3.16. The van der Waals surface area contributed by atoms with Gasteiger partial charge in [0.15, 0.2) is 0 Å². The second kappa shape index (κ2) is 8.98. The van der Waals surface area contributed by atoms with E-state index in [-0.39, 0.29) is 5.97 Å². The van der Waals surface area contributed by atoms with Crippen LogP contribution < -0.4 is 0 Å². The minimum Gasteiger partial charge on any atom is -0.463 e. The number of carbonyl (C=O) groups is 1. The van der Waals surface area contributed by atoms with E-state index < -0.39 is 0 Å². The Bertz CT molecular complexity index is 336. The van der Waals surface area contributed by atoms with Gasteiger partial charge in [-0.25, -0.2) is 4.79 Å². The smallest absolute Gasteiger partial charge is 0.333 e. The lowest BCUT2D eigenvalue weighted by Gasteiger charge is -2.00. The maximum Gasteiger partial charge on any atom is 0.333 e. The fraction of sp³-hybridized carbons (Fsp3) is 0.308. The molecular formula is C13H17ClO2. The van der Waals surface area contributed by atoms with Gasteiger partial charge in [-0.1, -0.05) is 41.5 Å². The molecule has 0 aliphatic carbocycles. The Balaban J connectivity index is 4.45. The third-order valence-corrected chi connectivity index (χ3v) is 1.84. The molecule has 0 bridgehead atoms. The molecule has 0 N–H and O–H groups in total. The normalized spacial score (nSPS) is 13.8. The molecule has 0 rings (SSSR count). The lowest BCUT2D eigenvalue weighted by Crippen LogP contribution is -2.04. The van der Waals surface area contributed by atoms with Crippen LogP contribution in [-0.4, -0.2) is 12.6 Å². The average Bonchev–Trinajstić information content (AvgIpc) is 2.24. The van der Waals surface area contributed by atoms with Crippen molar-refractivity contribution in [1.82, 2.24) is 0 Å². The molecule has 0 amide bonds. The van der Waals surface area contributed by atoms with Gasteiger partial charge in [0.05, 0.1) is 6.61 Å². The molecule has 0 heterocycles. The Morgan fingerprint density at radius 2 is 1.94 bits per heavy atom. The number of hydrogen-bond donors (Lipinski definition) is 0. The molecule has 0 spiro atoms. The van der Waals surface area contributed by atoms with E-state index in [9.17, 15) is 4.79 Å². The first-order chi connectivity index (χ1) is 7.61. The van der Waals surface area contributed by atoms with Crippen LogP contribution in [0.15, 0.2) is 47.1 Å². The molecule has 0 aliphatic heterocycles. The van der Waals surface area contributed by atoms with Gasteiger partial charge in [-0.2, -0.15) is 0 Å². The van der Waals surface area contributed by atoms with Crippen LogP contribution in [0.4, 0.5) is 0 Å². The lowest BCUT2D eigenvalue weighted by molar-refractivity contribution is -0.138. The summed E-state index contributed by atoms with van der Waals surface area (Å²) in [5.41, 5.74) is 3.00. The predicted octanol–water partition coefficient (Wildman–Crippen LogP) is 3.75. The van der Waals surface area contributed by atoms with Crippen molar-refractivity contribution in [2.45, 2.75) is 20.8 Å². The van der Waals surface area contributed by atoms with Gasteiger partial charge >= 0.3 is 5.97 Å². The van der Waals surface area contributed by atoms with Crippen molar-refractivity contribution < 1.29 is 9.53 Å². The maximum atomic E-state index is 11.3. The highest BCUT2D eigenvalue weighted by Crippen LogP contribution is 2.04. The Labute approximate surface area is 102 Å². The summed E-state index contributed by atoms with van der Waals surface area (Å²) in [5, 5.41) is 0. The highest BCUT2D eigenvalue weighted by atomic mass is 35.5. The molecule has 0 saturated carbocycles. The molecule has 0 aromatic carbocycles. The number of halogens is 1. The summed E-state index contributed by atoms with van der Waals surface area (Å²) < 4.78 is 4.87. The van der Waals surface area contributed by atoms with Crippen LogP contribution in [0.2, 0.25) is 0 Å². The van der Waals surface area contributed by atoms with Gasteiger partial charge in [-0.15, -0.1) is 0 Å². The topological polar surface area (TPSA) is 26.3 Å². The van der Waals surface area contributed by atoms with E-state index in [0.29, 0.717) is 12.2 Å². The SMILES string of the molecule is CCOC(=O)/C(C)=C/C(C)=C/C=C/C=C\Cl. The average molecular weight is 241 g/mol. The van der Waals surface area contributed by atoms with Crippen LogP contribution in [0.1, 0.15) is 20.8 Å². The van der Waals surface area contributed by atoms with E-state index in [1.165, 1.54) is 5.54 Å². The monoisotopic (exact) mass is 240 g/mol. The first-order valence-electron chi connectivity index (χ1n) is 5.07. The van der Waals surface area contributed by atoms with Gasteiger partial charge in [-0.05, 0) is 26.8 Å². The number of rotatable bonds is 5. The van der Waals surface area contributed by atoms with Crippen molar-refractivity contribution in [1.29, 1.82) is 0 Å². The van der Waals surface area contributed by atoms with Gasteiger partial charge in [0.1, 0.15) is 0 Å². The summed E-state index contributed by atoms with van der Waals surface area (Å²) >= 11 is 5.35. The van der Waals surface area contributed by atoms with Crippen molar-refractivity contribution in [3.8, 4) is 0 Å². The van der Waals surface area contributed by atoms with E-state index in [1.54, 1.807) is 26.0 Å². The van der Waals surface area contributed by atoms with Gasteiger partial charge < -0.3 is 4.74 Å². The van der Waals surface area contributed by atoms with E-state index >= 15 is 0 Å². The fourth-order valence-corrected chi connectivity index (χ4v) is 1.09. The largest absolute Gasteiger partial charge is 0.463 e.